The number of hydrogen-bond acceptors (Lipinski definition) is 7. The van der Waals surface area contributed by atoms with Crippen molar-refractivity contribution < 1.29 is 28.2 Å². The molecule has 1 amide bonds. The van der Waals surface area contributed by atoms with Crippen molar-refractivity contribution in [3.05, 3.63) is 40.7 Å². The third-order valence-electron chi connectivity index (χ3n) is 3.94. The summed E-state index contributed by atoms with van der Waals surface area (Å²) in [6.07, 6.45) is 0.404. The second-order valence-electron chi connectivity index (χ2n) is 6.79. The number of ether oxygens (including phenoxy) is 2. The summed E-state index contributed by atoms with van der Waals surface area (Å²) in [7, 11) is 1.24. The zero-order chi connectivity index (χ0) is 21.6. The molecule has 156 valence electrons. The maximum Gasteiger partial charge on any atom is 0.350 e. The van der Waals surface area contributed by atoms with Crippen LogP contribution in [0.25, 0.3) is 10.6 Å². The highest BCUT2D eigenvalue weighted by atomic mass is 32.1. The Morgan fingerprint density at radius 2 is 1.86 bits per heavy atom. The minimum Gasteiger partial charge on any atom is -0.467 e. The van der Waals surface area contributed by atoms with Crippen LogP contribution in [0.2, 0.25) is 0 Å². The summed E-state index contributed by atoms with van der Waals surface area (Å²) in [4.78, 5) is 40.8. The second-order valence-corrected chi connectivity index (χ2v) is 7.79. The van der Waals surface area contributed by atoms with Gasteiger partial charge in [0.2, 0.25) is 0 Å². The van der Waals surface area contributed by atoms with E-state index in [0.717, 1.165) is 11.3 Å². The van der Waals surface area contributed by atoms with Crippen molar-refractivity contribution in [2.24, 2.45) is 5.92 Å². The number of carbonyl (C=O) groups is 3. The lowest BCUT2D eigenvalue weighted by atomic mass is 10.0. The van der Waals surface area contributed by atoms with E-state index in [1.165, 1.54) is 19.2 Å². The van der Waals surface area contributed by atoms with Crippen LogP contribution in [0.5, 0.6) is 0 Å². The molecule has 0 bridgehead atoms. The van der Waals surface area contributed by atoms with Crippen LogP contribution in [0.1, 0.15) is 35.6 Å². The van der Waals surface area contributed by atoms with Crippen molar-refractivity contribution >= 4 is 29.2 Å². The lowest BCUT2D eigenvalue weighted by Crippen LogP contribution is -2.44. The number of nitrogens with one attached hydrogen (secondary N) is 1. The van der Waals surface area contributed by atoms with Crippen molar-refractivity contribution in [3.63, 3.8) is 0 Å². The molecule has 0 radical (unpaired) electrons. The van der Waals surface area contributed by atoms with Crippen molar-refractivity contribution in [2.45, 2.75) is 33.2 Å². The summed E-state index contributed by atoms with van der Waals surface area (Å²) in [6, 6.07) is 4.95. The Morgan fingerprint density at radius 3 is 2.45 bits per heavy atom. The predicted octanol–water partition coefficient (Wildman–Crippen LogP) is 3.12. The molecule has 0 saturated carbocycles. The van der Waals surface area contributed by atoms with Gasteiger partial charge >= 0.3 is 11.9 Å². The molecule has 0 aliphatic rings. The molecule has 0 aliphatic heterocycles. The van der Waals surface area contributed by atoms with Crippen LogP contribution in [0, 0.1) is 18.7 Å². The highest BCUT2D eigenvalue weighted by Gasteiger charge is 2.24. The molecule has 0 unspecified atom stereocenters. The van der Waals surface area contributed by atoms with Crippen LogP contribution in [-0.4, -0.2) is 42.6 Å². The van der Waals surface area contributed by atoms with Crippen molar-refractivity contribution in [1.29, 1.82) is 0 Å². The van der Waals surface area contributed by atoms with Crippen molar-refractivity contribution in [1.82, 2.24) is 10.3 Å². The molecule has 2 aromatic rings. The summed E-state index contributed by atoms with van der Waals surface area (Å²) in [6.45, 7) is 4.94. The Morgan fingerprint density at radius 1 is 1.21 bits per heavy atom. The van der Waals surface area contributed by atoms with E-state index in [2.05, 4.69) is 15.0 Å². The van der Waals surface area contributed by atoms with Crippen molar-refractivity contribution in [3.8, 4) is 10.6 Å². The van der Waals surface area contributed by atoms with Crippen LogP contribution >= 0.6 is 11.3 Å². The minimum atomic E-state index is -0.804. The smallest absolute Gasteiger partial charge is 0.350 e. The molecule has 7 nitrogen and oxygen atoms in total. The largest absolute Gasteiger partial charge is 0.467 e. The molecular weight excluding hydrogens is 399 g/mol. The van der Waals surface area contributed by atoms with E-state index >= 15 is 0 Å². The van der Waals surface area contributed by atoms with E-state index in [0.29, 0.717) is 22.7 Å². The molecule has 0 saturated heterocycles. The fraction of sp³-hybridized carbons (Fsp3) is 0.400. The van der Waals surface area contributed by atoms with Gasteiger partial charge in [0.15, 0.2) is 6.61 Å². The van der Waals surface area contributed by atoms with Gasteiger partial charge in [0.1, 0.15) is 21.7 Å². The SMILES string of the molecule is COC(=O)[C@@H](CC(C)C)NC(=O)COC(=O)c1sc(-c2ccc(F)cc2)nc1C. The quantitative estimate of drug-likeness (QED) is 0.657. The van der Waals surface area contributed by atoms with E-state index in [9.17, 15) is 18.8 Å². The molecule has 0 aliphatic carbocycles. The third-order valence-corrected chi connectivity index (χ3v) is 5.12. The van der Waals surface area contributed by atoms with Gasteiger partial charge < -0.3 is 14.8 Å². The monoisotopic (exact) mass is 422 g/mol. The Hall–Kier alpha value is -2.81. The van der Waals surface area contributed by atoms with Crippen LogP contribution < -0.4 is 5.32 Å². The number of amides is 1. The maximum absolute atomic E-state index is 13.1. The average Bonchev–Trinajstić information content (AvgIpc) is 3.06. The van der Waals surface area contributed by atoms with Gasteiger partial charge in [-0.3, -0.25) is 4.79 Å². The molecule has 1 N–H and O–H groups in total. The first-order chi connectivity index (χ1) is 13.7. The number of methoxy groups -OCH3 is 1. The van der Waals surface area contributed by atoms with Gasteiger partial charge in [0.25, 0.3) is 5.91 Å². The lowest BCUT2D eigenvalue weighted by Gasteiger charge is -2.18. The zero-order valence-electron chi connectivity index (χ0n) is 16.7. The average molecular weight is 422 g/mol. The predicted molar refractivity (Wildman–Crippen MR) is 106 cm³/mol. The normalized spacial score (nSPS) is 11.8. The number of rotatable bonds is 8. The standard InChI is InChI=1S/C20H23FN2O5S/c1-11(2)9-15(19(25)27-4)23-16(24)10-28-20(26)17-12(3)22-18(29-17)13-5-7-14(21)8-6-13/h5-8,11,15H,9-10H2,1-4H3,(H,23,24)/t15-/m1/s1. The molecule has 1 aromatic heterocycles. The summed E-state index contributed by atoms with van der Waals surface area (Å²) in [5.41, 5.74) is 1.12. The summed E-state index contributed by atoms with van der Waals surface area (Å²) in [5, 5.41) is 3.06. The van der Waals surface area contributed by atoms with Gasteiger partial charge in [-0.25, -0.2) is 19.0 Å². The van der Waals surface area contributed by atoms with Crippen LogP contribution in [0.15, 0.2) is 24.3 Å². The molecule has 2 rings (SSSR count). The maximum atomic E-state index is 13.1. The van der Waals surface area contributed by atoms with E-state index < -0.39 is 30.5 Å². The number of aryl methyl sites for hydroxylation is 1. The summed E-state index contributed by atoms with van der Waals surface area (Å²) >= 11 is 1.10. The Labute approximate surface area is 172 Å². The number of thiazole rings is 1. The summed E-state index contributed by atoms with van der Waals surface area (Å²) in [5.74, 6) is -2.06. The highest BCUT2D eigenvalue weighted by molar-refractivity contribution is 7.17. The van der Waals surface area contributed by atoms with E-state index in [4.69, 9.17) is 4.74 Å². The number of aromatic nitrogens is 1. The number of esters is 2. The fourth-order valence-corrected chi connectivity index (χ4v) is 3.53. The molecule has 1 aromatic carbocycles. The molecule has 1 heterocycles. The second kappa shape index (κ2) is 10.1. The first kappa shape index (κ1) is 22.5. The van der Waals surface area contributed by atoms with E-state index in [-0.39, 0.29) is 16.6 Å². The fourth-order valence-electron chi connectivity index (χ4n) is 2.56. The summed E-state index contributed by atoms with van der Waals surface area (Å²) < 4.78 is 22.8. The van der Waals surface area contributed by atoms with Gasteiger partial charge in [0, 0.05) is 5.56 Å². The van der Waals surface area contributed by atoms with Gasteiger partial charge in [-0.05, 0) is 43.5 Å². The van der Waals surface area contributed by atoms with Gasteiger partial charge in [0.05, 0.1) is 12.8 Å². The number of benzene rings is 1. The highest BCUT2D eigenvalue weighted by Crippen LogP contribution is 2.28. The number of nitrogens with zero attached hydrogens (tertiary/aromatic N) is 1. The molecule has 29 heavy (non-hydrogen) atoms. The van der Waals surface area contributed by atoms with E-state index in [1.807, 2.05) is 13.8 Å². The van der Waals surface area contributed by atoms with Crippen LogP contribution in [0.4, 0.5) is 4.39 Å². The lowest BCUT2D eigenvalue weighted by molar-refractivity contribution is -0.145. The number of halogens is 1. The first-order valence-corrected chi connectivity index (χ1v) is 9.80. The van der Waals surface area contributed by atoms with E-state index in [1.54, 1.807) is 19.1 Å². The Bertz CT molecular complexity index is 879. The van der Waals surface area contributed by atoms with Crippen LogP contribution in [-0.2, 0) is 19.1 Å². The van der Waals surface area contributed by atoms with Gasteiger partial charge in [-0.15, -0.1) is 11.3 Å². The first-order valence-electron chi connectivity index (χ1n) is 8.99. The Balaban J connectivity index is 1.98. The van der Waals surface area contributed by atoms with Gasteiger partial charge in [-0.1, -0.05) is 13.8 Å². The third kappa shape index (κ3) is 6.35. The zero-order valence-corrected chi connectivity index (χ0v) is 17.5. The number of hydrogen-bond donors (Lipinski definition) is 1. The van der Waals surface area contributed by atoms with Gasteiger partial charge in [-0.2, -0.15) is 0 Å². The number of carbonyl (C=O) groups excluding carboxylic acids is 3. The van der Waals surface area contributed by atoms with Crippen molar-refractivity contribution in [2.75, 3.05) is 13.7 Å². The Kier molecular flexibility index (Phi) is 7.83. The molecular formula is C20H23FN2O5S. The molecule has 1 atom stereocenters. The van der Waals surface area contributed by atoms with Crippen LogP contribution in [0.3, 0.4) is 0 Å². The molecule has 0 spiro atoms. The topological polar surface area (TPSA) is 94.6 Å². The molecule has 0 fully saturated rings. The minimum absolute atomic E-state index is 0.159. The molecule has 9 heteroatoms.